The number of alkyl halides is 6. The number of hydrogen-bond acceptors (Lipinski definition) is 4. The number of hydrogen-bond donors (Lipinski definition) is 2. The van der Waals surface area contributed by atoms with Crippen LogP contribution in [0, 0.1) is 10.1 Å². The van der Waals surface area contributed by atoms with Crippen LogP contribution in [0.5, 0.6) is 0 Å². The highest BCUT2D eigenvalue weighted by atomic mass is 35.5. The first-order valence-electron chi connectivity index (χ1n) is 7.86. The van der Waals surface area contributed by atoms with E-state index in [9.17, 15) is 46.4 Å². The predicted octanol–water partition coefficient (Wildman–Crippen LogP) is 4.74. The number of rotatable bonds is 5. The Hall–Kier alpha value is -2.86. The number of nitro groups is 1. The highest BCUT2D eigenvalue weighted by Crippen LogP contribution is 2.39. The summed E-state index contributed by atoms with van der Waals surface area (Å²) in [5.41, 5.74) is -8.26. The van der Waals surface area contributed by atoms with Gasteiger partial charge >= 0.3 is 12.4 Å². The number of anilines is 1. The summed E-state index contributed by atoms with van der Waals surface area (Å²) < 4.78 is 79.5. The fourth-order valence-corrected chi connectivity index (χ4v) is 2.66. The lowest BCUT2D eigenvalue weighted by Crippen LogP contribution is -2.56. The number of amides is 1. The third-order valence-electron chi connectivity index (χ3n) is 4.01. The van der Waals surface area contributed by atoms with Crippen molar-refractivity contribution in [3.05, 3.63) is 68.7 Å². The molecule has 0 spiro atoms. The molecule has 0 radical (unpaired) electrons. The molecule has 6 nitrogen and oxygen atoms in total. The maximum Gasteiger partial charge on any atom is 0.426 e. The van der Waals surface area contributed by atoms with Gasteiger partial charge in [-0.3, -0.25) is 14.9 Å². The van der Waals surface area contributed by atoms with Gasteiger partial charge in [-0.15, -0.1) is 0 Å². The summed E-state index contributed by atoms with van der Waals surface area (Å²) >= 11 is 5.76. The third-order valence-corrected chi connectivity index (χ3v) is 4.37. The Morgan fingerprint density at radius 3 is 2.20 bits per heavy atom. The molecule has 2 aromatic carbocycles. The van der Waals surface area contributed by atoms with Gasteiger partial charge in [0.15, 0.2) is 0 Å². The van der Waals surface area contributed by atoms with Crippen molar-refractivity contribution in [3.8, 4) is 0 Å². The summed E-state index contributed by atoms with van der Waals surface area (Å²) in [6.07, 6.45) is -12.1. The molecule has 1 atom stereocenters. The zero-order chi connectivity index (χ0) is 22.9. The highest BCUT2D eigenvalue weighted by Gasteiger charge is 2.59. The molecule has 0 aliphatic rings. The van der Waals surface area contributed by atoms with Crippen LogP contribution in [0.1, 0.15) is 11.1 Å². The zero-order valence-electron chi connectivity index (χ0n) is 14.5. The molecule has 2 N–H and O–H groups in total. The van der Waals surface area contributed by atoms with E-state index in [0.29, 0.717) is 12.1 Å². The average Bonchev–Trinajstić information content (AvgIpc) is 2.61. The standard InChI is InChI=1S/C17H11ClF6N2O4/c18-12-4-2-1-3-9(12)8-15(28,17(22,23)24)14(27)25-10-5-6-13(26(29)30)11(7-10)16(19,20)21/h1-7,28H,8H2,(H,25,27). The Morgan fingerprint density at radius 2 is 1.70 bits per heavy atom. The van der Waals surface area contributed by atoms with Crippen molar-refractivity contribution in [2.75, 3.05) is 5.32 Å². The normalized spacial score (nSPS) is 14.1. The molecule has 2 aromatic rings. The van der Waals surface area contributed by atoms with Crippen LogP contribution in [0.3, 0.4) is 0 Å². The number of carbonyl (C=O) groups excluding carboxylic acids is 1. The number of nitrogens with zero attached hydrogens (tertiary/aromatic N) is 1. The first kappa shape index (κ1) is 23.4. The summed E-state index contributed by atoms with van der Waals surface area (Å²) in [6.45, 7) is 0. The molecule has 2 rings (SSSR count). The van der Waals surface area contributed by atoms with Crippen molar-refractivity contribution in [2.45, 2.75) is 24.4 Å². The SMILES string of the molecule is O=C(Nc1ccc([N+](=O)[O-])c(C(F)(F)F)c1)C(O)(Cc1ccccc1Cl)C(F)(F)F. The minimum atomic E-state index is -5.52. The minimum absolute atomic E-state index is 0.0995. The smallest absolute Gasteiger partial charge is 0.372 e. The second kappa shape index (κ2) is 8.11. The molecule has 0 saturated carbocycles. The van der Waals surface area contributed by atoms with Crippen LogP contribution in [0.2, 0.25) is 5.02 Å². The number of carbonyl (C=O) groups is 1. The van der Waals surface area contributed by atoms with Gasteiger partial charge in [0.2, 0.25) is 5.60 Å². The van der Waals surface area contributed by atoms with Crippen molar-refractivity contribution in [1.29, 1.82) is 0 Å². The fourth-order valence-electron chi connectivity index (χ4n) is 2.46. The largest absolute Gasteiger partial charge is 0.426 e. The molecule has 30 heavy (non-hydrogen) atoms. The number of benzene rings is 2. The van der Waals surface area contributed by atoms with Crippen LogP contribution in [-0.4, -0.2) is 27.7 Å². The lowest BCUT2D eigenvalue weighted by Gasteiger charge is -2.29. The number of halogens is 7. The molecular weight excluding hydrogens is 446 g/mol. The van der Waals surface area contributed by atoms with Gasteiger partial charge in [-0.05, 0) is 23.8 Å². The monoisotopic (exact) mass is 456 g/mol. The van der Waals surface area contributed by atoms with Crippen molar-refractivity contribution >= 4 is 28.9 Å². The molecule has 1 amide bonds. The predicted molar refractivity (Wildman–Crippen MR) is 92.9 cm³/mol. The van der Waals surface area contributed by atoms with E-state index in [2.05, 4.69) is 0 Å². The first-order valence-corrected chi connectivity index (χ1v) is 8.24. The van der Waals surface area contributed by atoms with E-state index < -0.39 is 52.1 Å². The van der Waals surface area contributed by atoms with E-state index >= 15 is 0 Å². The highest BCUT2D eigenvalue weighted by molar-refractivity contribution is 6.31. The summed E-state index contributed by atoms with van der Waals surface area (Å²) in [7, 11) is 0. The molecule has 0 fully saturated rings. The van der Waals surface area contributed by atoms with Crippen molar-refractivity contribution < 1.29 is 41.2 Å². The zero-order valence-corrected chi connectivity index (χ0v) is 15.3. The minimum Gasteiger partial charge on any atom is -0.372 e. The Kier molecular flexibility index (Phi) is 6.33. The molecule has 0 saturated heterocycles. The maximum atomic E-state index is 13.5. The molecular formula is C17H11ClF6N2O4. The lowest BCUT2D eigenvalue weighted by atomic mass is 9.92. The lowest BCUT2D eigenvalue weighted by molar-refractivity contribution is -0.388. The quantitative estimate of drug-likeness (QED) is 0.386. The van der Waals surface area contributed by atoms with Crippen LogP contribution in [0.25, 0.3) is 0 Å². The summed E-state index contributed by atoms with van der Waals surface area (Å²) in [5.74, 6) is -2.09. The van der Waals surface area contributed by atoms with Gasteiger partial charge in [0, 0.05) is 23.2 Å². The van der Waals surface area contributed by atoms with Gasteiger partial charge in [-0.1, -0.05) is 29.8 Å². The molecule has 0 bridgehead atoms. The van der Waals surface area contributed by atoms with Gasteiger partial charge in [-0.2, -0.15) is 26.3 Å². The average molecular weight is 457 g/mol. The van der Waals surface area contributed by atoms with E-state index in [4.69, 9.17) is 11.6 Å². The van der Waals surface area contributed by atoms with E-state index in [1.807, 2.05) is 0 Å². The van der Waals surface area contributed by atoms with Gasteiger partial charge in [0.1, 0.15) is 5.56 Å². The van der Waals surface area contributed by atoms with Crippen LogP contribution in [0.4, 0.5) is 37.7 Å². The Balaban J connectivity index is 2.44. The molecule has 0 aliphatic heterocycles. The fraction of sp³-hybridized carbons (Fsp3) is 0.235. The second-order valence-corrected chi connectivity index (χ2v) is 6.47. The van der Waals surface area contributed by atoms with Gasteiger partial charge in [-0.25, -0.2) is 0 Å². The molecule has 0 heterocycles. The van der Waals surface area contributed by atoms with E-state index in [1.54, 1.807) is 0 Å². The topological polar surface area (TPSA) is 92.5 Å². The van der Waals surface area contributed by atoms with E-state index in [-0.39, 0.29) is 16.7 Å². The van der Waals surface area contributed by atoms with Crippen LogP contribution < -0.4 is 5.32 Å². The molecule has 1 unspecified atom stereocenters. The van der Waals surface area contributed by atoms with Crippen LogP contribution >= 0.6 is 11.6 Å². The molecule has 13 heteroatoms. The Labute approximate surface area is 169 Å². The van der Waals surface area contributed by atoms with E-state index in [0.717, 1.165) is 6.07 Å². The molecule has 0 aliphatic carbocycles. The Bertz CT molecular complexity index is 979. The molecule has 0 aromatic heterocycles. The third kappa shape index (κ3) is 4.82. The van der Waals surface area contributed by atoms with E-state index in [1.165, 1.54) is 23.5 Å². The second-order valence-electron chi connectivity index (χ2n) is 6.07. The first-order chi connectivity index (χ1) is 13.7. The Morgan fingerprint density at radius 1 is 1.10 bits per heavy atom. The van der Waals surface area contributed by atoms with Crippen LogP contribution in [0.15, 0.2) is 42.5 Å². The van der Waals surface area contributed by atoms with Gasteiger partial charge in [0.25, 0.3) is 11.6 Å². The summed E-state index contributed by atoms with van der Waals surface area (Å²) in [6, 6.07) is 6.13. The van der Waals surface area contributed by atoms with Gasteiger partial charge in [0.05, 0.1) is 4.92 Å². The summed E-state index contributed by atoms with van der Waals surface area (Å²) in [5, 5.41) is 22.2. The molecule has 162 valence electrons. The van der Waals surface area contributed by atoms with Crippen molar-refractivity contribution in [3.63, 3.8) is 0 Å². The number of nitro benzene ring substituents is 1. The maximum absolute atomic E-state index is 13.5. The van der Waals surface area contributed by atoms with Crippen molar-refractivity contribution in [1.82, 2.24) is 0 Å². The number of aliphatic hydroxyl groups is 1. The van der Waals surface area contributed by atoms with Gasteiger partial charge < -0.3 is 10.4 Å². The summed E-state index contributed by atoms with van der Waals surface area (Å²) in [4.78, 5) is 21.6. The van der Waals surface area contributed by atoms with Crippen molar-refractivity contribution in [2.24, 2.45) is 0 Å². The number of nitrogens with one attached hydrogen (secondary N) is 1. The van der Waals surface area contributed by atoms with Crippen LogP contribution in [-0.2, 0) is 17.4 Å².